The minimum absolute atomic E-state index is 0.224. The summed E-state index contributed by atoms with van der Waals surface area (Å²) in [6, 6.07) is 3.40. The van der Waals surface area contributed by atoms with Gasteiger partial charge in [-0.25, -0.2) is 8.78 Å². The van der Waals surface area contributed by atoms with Crippen molar-refractivity contribution >= 4 is 5.69 Å². The van der Waals surface area contributed by atoms with Crippen LogP contribution in [0.4, 0.5) is 14.5 Å². The zero-order valence-corrected chi connectivity index (χ0v) is 7.87. The van der Waals surface area contributed by atoms with Gasteiger partial charge in [0.1, 0.15) is 6.07 Å². The third kappa shape index (κ3) is 1.75. The van der Waals surface area contributed by atoms with Gasteiger partial charge in [-0.1, -0.05) is 0 Å². The minimum atomic E-state index is -2.60. The smallest absolute Gasteiger partial charge is 0.249 e. The maximum Gasteiger partial charge on any atom is 0.249 e. The average molecular weight is 209 g/mol. The number of rotatable bonds is 1. The maximum absolute atomic E-state index is 12.7. The highest BCUT2D eigenvalue weighted by molar-refractivity contribution is 5.47. The first-order chi connectivity index (χ1) is 7.02. The van der Waals surface area contributed by atoms with E-state index in [1.54, 1.807) is 0 Å². The van der Waals surface area contributed by atoms with Crippen molar-refractivity contribution in [3.8, 4) is 6.07 Å². The Morgan fingerprint density at radius 2 is 2.20 bits per heavy atom. The molecule has 15 heavy (non-hydrogen) atoms. The number of halogens is 2. The molecule has 1 aliphatic carbocycles. The molecule has 0 radical (unpaired) electrons. The third-order valence-corrected chi connectivity index (χ3v) is 2.54. The lowest BCUT2D eigenvalue weighted by molar-refractivity contribution is -0.0876. The van der Waals surface area contributed by atoms with Crippen LogP contribution in [0.15, 0.2) is 12.3 Å². The molecule has 1 aromatic heterocycles. The molecular formula is C10H9F2N3. The van der Waals surface area contributed by atoms with Crippen LogP contribution < -0.4 is 5.73 Å². The highest BCUT2D eigenvalue weighted by atomic mass is 19.3. The molecule has 0 aliphatic heterocycles. The van der Waals surface area contributed by atoms with Crippen LogP contribution in [0.5, 0.6) is 0 Å². The van der Waals surface area contributed by atoms with Gasteiger partial charge in [0.15, 0.2) is 0 Å². The predicted octanol–water partition coefficient (Wildman–Crippen LogP) is 2.05. The summed E-state index contributed by atoms with van der Waals surface area (Å²) in [5, 5.41) is 8.81. The number of hydrogen-bond acceptors (Lipinski definition) is 3. The zero-order chi connectivity index (χ0) is 11.1. The predicted molar refractivity (Wildman–Crippen MR) is 50.3 cm³/mol. The molecule has 0 atom stereocenters. The van der Waals surface area contributed by atoms with Crippen LogP contribution in [0.2, 0.25) is 0 Å². The van der Waals surface area contributed by atoms with E-state index in [1.807, 2.05) is 6.07 Å². The normalized spacial score (nSPS) is 19.3. The first-order valence-corrected chi connectivity index (χ1v) is 4.55. The van der Waals surface area contributed by atoms with Crippen molar-refractivity contribution in [2.24, 2.45) is 0 Å². The lowest BCUT2D eigenvalue weighted by Gasteiger charge is -2.34. The van der Waals surface area contributed by atoms with Crippen LogP contribution in [0, 0.1) is 11.3 Å². The fourth-order valence-corrected chi connectivity index (χ4v) is 1.76. The molecule has 5 heteroatoms. The second-order valence-corrected chi connectivity index (χ2v) is 3.77. The van der Waals surface area contributed by atoms with Gasteiger partial charge in [0, 0.05) is 18.8 Å². The van der Waals surface area contributed by atoms with Gasteiger partial charge in [-0.15, -0.1) is 0 Å². The van der Waals surface area contributed by atoms with E-state index >= 15 is 0 Å². The van der Waals surface area contributed by atoms with Crippen molar-refractivity contribution in [3.05, 3.63) is 23.5 Å². The second kappa shape index (κ2) is 3.16. The molecule has 0 amide bonds. The lowest BCUT2D eigenvalue weighted by Crippen LogP contribution is -2.34. The molecular weight excluding hydrogens is 200 g/mol. The second-order valence-electron chi connectivity index (χ2n) is 3.77. The number of nitrogens with two attached hydrogens (primary N) is 1. The van der Waals surface area contributed by atoms with Crippen LogP contribution in [-0.4, -0.2) is 10.9 Å². The molecule has 0 spiro atoms. The quantitative estimate of drug-likeness (QED) is 0.769. The van der Waals surface area contributed by atoms with Gasteiger partial charge >= 0.3 is 0 Å². The maximum atomic E-state index is 12.7. The molecule has 2 rings (SSSR count). The lowest BCUT2D eigenvalue weighted by atomic mass is 9.78. The molecule has 1 saturated carbocycles. The van der Waals surface area contributed by atoms with E-state index in [9.17, 15) is 8.78 Å². The van der Waals surface area contributed by atoms with Gasteiger partial charge in [-0.05, 0) is 6.07 Å². The molecule has 0 unspecified atom stereocenters. The summed E-state index contributed by atoms with van der Waals surface area (Å²) in [5.74, 6) is -2.91. The van der Waals surface area contributed by atoms with Crippen molar-refractivity contribution in [2.45, 2.75) is 24.7 Å². The summed E-state index contributed by atoms with van der Waals surface area (Å²) in [4.78, 5) is 3.96. The van der Waals surface area contributed by atoms with Crippen molar-refractivity contribution in [1.29, 1.82) is 5.26 Å². The SMILES string of the molecule is N#Cc1cc(N)cnc1C1CC(F)(F)C1. The Bertz CT molecular complexity index is 429. The summed E-state index contributed by atoms with van der Waals surface area (Å²) >= 11 is 0. The number of alkyl halides is 2. The molecule has 2 N–H and O–H groups in total. The fraction of sp³-hybridized carbons (Fsp3) is 0.400. The van der Waals surface area contributed by atoms with E-state index in [0.29, 0.717) is 16.9 Å². The Labute approximate surface area is 85.5 Å². The first-order valence-electron chi connectivity index (χ1n) is 4.55. The highest BCUT2D eigenvalue weighted by Gasteiger charge is 2.47. The van der Waals surface area contributed by atoms with Gasteiger partial charge in [-0.3, -0.25) is 4.98 Å². The Balaban J connectivity index is 2.27. The molecule has 0 bridgehead atoms. The van der Waals surface area contributed by atoms with Gasteiger partial charge in [0.2, 0.25) is 5.92 Å². The molecule has 1 fully saturated rings. The minimum Gasteiger partial charge on any atom is -0.397 e. The van der Waals surface area contributed by atoms with E-state index in [1.165, 1.54) is 12.3 Å². The highest BCUT2D eigenvalue weighted by Crippen LogP contribution is 2.48. The molecule has 0 aromatic carbocycles. The Morgan fingerprint density at radius 1 is 1.53 bits per heavy atom. The molecule has 78 valence electrons. The van der Waals surface area contributed by atoms with E-state index in [2.05, 4.69) is 4.98 Å². The fourth-order valence-electron chi connectivity index (χ4n) is 1.76. The number of hydrogen-bond donors (Lipinski definition) is 1. The van der Waals surface area contributed by atoms with Crippen LogP contribution in [-0.2, 0) is 0 Å². The summed E-state index contributed by atoms with van der Waals surface area (Å²) in [6.07, 6.45) is 0.948. The molecule has 0 saturated heterocycles. The number of aromatic nitrogens is 1. The number of nitrogen functional groups attached to an aromatic ring is 1. The Hall–Kier alpha value is -1.70. The number of anilines is 1. The Kier molecular flexibility index (Phi) is 2.07. The Morgan fingerprint density at radius 3 is 2.73 bits per heavy atom. The van der Waals surface area contributed by atoms with E-state index in [0.717, 1.165) is 0 Å². The number of nitrogens with zero attached hydrogens (tertiary/aromatic N) is 2. The molecule has 3 nitrogen and oxygen atoms in total. The van der Waals surface area contributed by atoms with Gasteiger partial charge < -0.3 is 5.73 Å². The first kappa shape index (κ1) is 9.84. The van der Waals surface area contributed by atoms with Crippen molar-refractivity contribution in [2.75, 3.05) is 5.73 Å². The summed E-state index contributed by atoms with van der Waals surface area (Å²) < 4.78 is 25.3. The monoisotopic (exact) mass is 209 g/mol. The summed E-state index contributed by atoms with van der Waals surface area (Å²) in [5.41, 5.74) is 6.57. The number of pyridine rings is 1. The van der Waals surface area contributed by atoms with Crippen LogP contribution in [0.3, 0.4) is 0 Å². The average Bonchev–Trinajstić information content (AvgIpc) is 2.14. The standard InChI is InChI=1S/C10H9F2N3/c11-10(12)2-7(3-10)9-6(4-13)1-8(14)5-15-9/h1,5,7H,2-3,14H2. The summed E-state index contributed by atoms with van der Waals surface area (Å²) in [6.45, 7) is 0. The third-order valence-electron chi connectivity index (χ3n) is 2.54. The van der Waals surface area contributed by atoms with E-state index in [-0.39, 0.29) is 18.8 Å². The van der Waals surface area contributed by atoms with Crippen molar-refractivity contribution < 1.29 is 8.78 Å². The summed E-state index contributed by atoms with van der Waals surface area (Å²) in [7, 11) is 0. The van der Waals surface area contributed by atoms with E-state index < -0.39 is 5.92 Å². The van der Waals surface area contributed by atoms with Crippen LogP contribution in [0.25, 0.3) is 0 Å². The largest absolute Gasteiger partial charge is 0.397 e. The molecule has 1 heterocycles. The van der Waals surface area contributed by atoms with Crippen molar-refractivity contribution in [3.63, 3.8) is 0 Å². The van der Waals surface area contributed by atoms with Gasteiger partial charge in [0.05, 0.1) is 23.1 Å². The van der Waals surface area contributed by atoms with Crippen LogP contribution >= 0.6 is 0 Å². The van der Waals surface area contributed by atoms with Gasteiger partial charge in [-0.2, -0.15) is 5.26 Å². The zero-order valence-electron chi connectivity index (χ0n) is 7.87. The van der Waals surface area contributed by atoms with E-state index in [4.69, 9.17) is 11.0 Å². The van der Waals surface area contributed by atoms with Crippen LogP contribution in [0.1, 0.15) is 30.0 Å². The molecule has 1 aliphatic rings. The topological polar surface area (TPSA) is 62.7 Å². The van der Waals surface area contributed by atoms with Crippen molar-refractivity contribution in [1.82, 2.24) is 4.98 Å². The molecule has 1 aromatic rings. The number of nitriles is 1. The van der Waals surface area contributed by atoms with Gasteiger partial charge in [0.25, 0.3) is 0 Å².